The highest BCUT2D eigenvalue weighted by molar-refractivity contribution is 6.22. The van der Waals surface area contributed by atoms with Gasteiger partial charge in [0.2, 0.25) is 0 Å². The zero-order valence-electron chi connectivity index (χ0n) is 29.7. The minimum Gasteiger partial charge on any atom is -0.456 e. The van der Waals surface area contributed by atoms with Crippen LogP contribution >= 0.6 is 0 Å². The molecular formula is C50H35N3O. The smallest absolute Gasteiger partial charge is 0.160 e. The van der Waals surface area contributed by atoms with Crippen molar-refractivity contribution in [2.24, 2.45) is 9.98 Å². The van der Waals surface area contributed by atoms with Gasteiger partial charge in [-0.15, -0.1) is 0 Å². The first-order valence-corrected chi connectivity index (χ1v) is 18.3. The number of furan rings is 1. The third-order valence-electron chi connectivity index (χ3n) is 10.6. The van der Waals surface area contributed by atoms with Gasteiger partial charge in [-0.1, -0.05) is 170 Å². The van der Waals surface area contributed by atoms with E-state index in [9.17, 15) is 0 Å². The van der Waals surface area contributed by atoms with Crippen molar-refractivity contribution in [1.82, 2.24) is 4.90 Å². The fraction of sp³-hybridized carbons (Fsp3) is 0.0400. The topological polar surface area (TPSA) is 41.1 Å². The Morgan fingerprint density at radius 1 is 0.463 bits per heavy atom. The minimum atomic E-state index is -0.276. The molecule has 0 radical (unpaired) electrons. The predicted octanol–water partition coefficient (Wildman–Crippen LogP) is 12.6. The summed E-state index contributed by atoms with van der Waals surface area (Å²) in [6.07, 6.45) is -0.276. The molecule has 2 heterocycles. The molecule has 4 nitrogen and oxygen atoms in total. The standard InChI is InChI=1S/C50H35N3O/c1-53-49(38-15-6-3-7-16-38)51-48(52-50(53)39-28-24-34(25-29-39)33-12-4-2-5-13-33)43-20-11-21-46-47(43)44-32-40(30-31-45(44)54-46)35-22-26-37(27-23-35)42-19-10-17-36-14-8-9-18-41(36)42/h2-32,50H,1H3. The molecular weight excluding hydrogens is 659 g/mol. The van der Waals surface area contributed by atoms with Crippen molar-refractivity contribution < 1.29 is 4.42 Å². The molecule has 54 heavy (non-hydrogen) atoms. The quantitative estimate of drug-likeness (QED) is 0.174. The van der Waals surface area contributed by atoms with E-state index in [2.05, 4.69) is 176 Å². The number of nitrogens with zero attached hydrogens (tertiary/aromatic N) is 3. The van der Waals surface area contributed by atoms with Gasteiger partial charge >= 0.3 is 0 Å². The maximum absolute atomic E-state index is 6.48. The number of aliphatic imine (C=N–C) groups is 2. The van der Waals surface area contributed by atoms with Crippen LogP contribution in [0.5, 0.6) is 0 Å². The van der Waals surface area contributed by atoms with Crippen molar-refractivity contribution in [2.45, 2.75) is 6.17 Å². The first-order chi connectivity index (χ1) is 26.7. The Labute approximate surface area is 314 Å². The number of hydrogen-bond donors (Lipinski definition) is 0. The van der Waals surface area contributed by atoms with E-state index >= 15 is 0 Å². The molecule has 9 aromatic rings. The molecule has 0 N–H and O–H groups in total. The van der Waals surface area contributed by atoms with Gasteiger partial charge in [0.25, 0.3) is 0 Å². The molecule has 0 aliphatic carbocycles. The van der Waals surface area contributed by atoms with E-state index in [1.807, 2.05) is 24.3 Å². The molecule has 4 heteroatoms. The Morgan fingerprint density at radius 3 is 1.85 bits per heavy atom. The van der Waals surface area contributed by atoms with E-state index in [0.717, 1.165) is 55.6 Å². The first kappa shape index (κ1) is 31.7. The van der Waals surface area contributed by atoms with Crippen LogP contribution in [0.2, 0.25) is 0 Å². The van der Waals surface area contributed by atoms with E-state index in [-0.39, 0.29) is 6.17 Å². The number of benzene rings is 8. The summed E-state index contributed by atoms with van der Waals surface area (Å²) in [7, 11) is 2.08. The lowest BCUT2D eigenvalue weighted by atomic mass is 9.95. The number of amidine groups is 2. The highest BCUT2D eigenvalue weighted by Crippen LogP contribution is 2.38. The molecule has 0 saturated carbocycles. The molecule has 0 amide bonds. The Kier molecular flexibility index (Phi) is 7.73. The van der Waals surface area contributed by atoms with Gasteiger partial charge in [0.05, 0.1) is 0 Å². The van der Waals surface area contributed by atoms with Crippen molar-refractivity contribution >= 4 is 44.4 Å². The molecule has 10 rings (SSSR count). The van der Waals surface area contributed by atoms with Crippen molar-refractivity contribution in [1.29, 1.82) is 0 Å². The van der Waals surface area contributed by atoms with Gasteiger partial charge in [-0.3, -0.25) is 0 Å². The molecule has 0 spiro atoms. The lowest BCUT2D eigenvalue weighted by Crippen LogP contribution is -2.35. The largest absolute Gasteiger partial charge is 0.456 e. The molecule has 1 atom stereocenters. The summed E-state index contributed by atoms with van der Waals surface area (Å²) in [5.74, 6) is 1.55. The van der Waals surface area contributed by atoms with Gasteiger partial charge in [0.15, 0.2) is 5.84 Å². The summed E-state index contributed by atoms with van der Waals surface area (Å²) < 4.78 is 6.48. The van der Waals surface area contributed by atoms with Crippen LogP contribution in [-0.4, -0.2) is 23.6 Å². The Balaban J connectivity index is 1.07. The maximum atomic E-state index is 6.48. The van der Waals surface area contributed by atoms with Crippen LogP contribution in [-0.2, 0) is 0 Å². The zero-order valence-corrected chi connectivity index (χ0v) is 29.7. The Bertz CT molecular complexity index is 2870. The average molecular weight is 694 g/mol. The summed E-state index contributed by atoms with van der Waals surface area (Å²) in [4.78, 5) is 12.8. The van der Waals surface area contributed by atoms with Crippen LogP contribution in [0.1, 0.15) is 22.9 Å². The minimum absolute atomic E-state index is 0.276. The van der Waals surface area contributed by atoms with Crippen LogP contribution in [0.4, 0.5) is 0 Å². The van der Waals surface area contributed by atoms with Gasteiger partial charge in [0.1, 0.15) is 23.2 Å². The molecule has 8 aromatic carbocycles. The summed E-state index contributed by atoms with van der Waals surface area (Å²) in [6.45, 7) is 0. The van der Waals surface area contributed by atoms with Crippen LogP contribution in [0.3, 0.4) is 0 Å². The molecule has 0 saturated heterocycles. The second-order valence-corrected chi connectivity index (χ2v) is 13.8. The number of rotatable bonds is 6. The third-order valence-corrected chi connectivity index (χ3v) is 10.6. The van der Waals surface area contributed by atoms with Gasteiger partial charge in [-0.2, -0.15) is 0 Å². The van der Waals surface area contributed by atoms with E-state index in [0.29, 0.717) is 5.84 Å². The Hall–Kier alpha value is -7.04. The van der Waals surface area contributed by atoms with Crippen LogP contribution in [0, 0.1) is 0 Å². The monoisotopic (exact) mass is 693 g/mol. The van der Waals surface area contributed by atoms with Crippen LogP contribution < -0.4 is 0 Å². The average Bonchev–Trinajstić information content (AvgIpc) is 3.63. The SMILES string of the molecule is CN1C(c2ccccc2)=NC(c2cccc3oc4ccc(-c5ccc(-c6cccc7ccccc67)cc5)cc4c23)=NC1c1ccc(-c2ccccc2)cc1. The predicted molar refractivity (Wildman–Crippen MR) is 224 cm³/mol. The van der Waals surface area contributed by atoms with Crippen LogP contribution in [0.25, 0.3) is 66.1 Å². The maximum Gasteiger partial charge on any atom is 0.160 e. The summed E-state index contributed by atoms with van der Waals surface area (Å²) in [6, 6.07) is 66.2. The molecule has 1 unspecified atom stereocenters. The van der Waals surface area contributed by atoms with E-state index < -0.39 is 0 Å². The second kappa shape index (κ2) is 13.2. The molecule has 1 aliphatic heterocycles. The van der Waals surface area contributed by atoms with E-state index in [4.69, 9.17) is 14.4 Å². The third kappa shape index (κ3) is 5.56. The van der Waals surface area contributed by atoms with Gasteiger partial charge in [-0.25, -0.2) is 9.98 Å². The Morgan fingerprint density at radius 2 is 1.06 bits per heavy atom. The van der Waals surface area contributed by atoms with E-state index in [1.165, 1.54) is 33.0 Å². The molecule has 1 aromatic heterocycles. The molecule has 0 fully saturated rings. The lowest BCUT2D eigenvalue weighted by Gasteiger charge is -2.32. The molecule has 0 bridgehead atoms. The highest BCUT2D eigenvalue weighted by atomic mass is 16.3. The van der Waals surface area contributed by atoms with E-state index in [1.54, 1.807) is 0 Å². The summed E-state index contributed by atoms with van der Waals surface area (Å²) >= 11 is 0. The summed E-state index contributed by atoms with van der Waals surface area (Å²) in [5.41, 5.74) is 11.8. The summed E-state index contributed by atoms with van der Waals surface area (Å²) in [5, 5.41) is 4.55. The van der Waals surface area contributed by atoms with Gasteiger partial charge in [0, 0.05) is 28.9 Å². The van der Waals surface area contributed by atoms with Crippen molar-refractivity contribution in [3.05, 3.63) is 205 Å². The van der Waals surface area contributed by atoms with Crippen molar-refractivity contribution in [3.63, 3.8) is 0 Å². The van der Waals surface area contributed by atoms with Crippen LogP contribution in [0.15, 0.2) is 202 Å². The lowest BCUT2D eigenvalue weighted by molar-refractivity contribution is 0.383. The number of fused-ring (bicyclic) bond motifs is 4. The fourth-order valence-corrected chi connectivity index (χ4v) is 7.80. The first-order valence-electron chi connectivity index (χ1n) is 18.3. The number of hydrogen-bond acceptors (Lipinski definition) is 4. The second-order valence-electron chi connectivity index (χ2n) is 13.8. The normalized spacial score (nSPS) is 14.4. The zero-order chi connectivity index (χ0) is 36.0. The fourth-order valence-electron chi connectivity index (χ4n) is 7.80. The van der Waals surface area contributed by atoms with Crippen molar-refractivity contribution in [3.8, 4) is 33.4 Å². The van der Waals surface area contributed by atoms with Crippen molar-refractivity contribution in [2.75, 3.05) is 7.05 Å². The van der Waals surface area contributed by atoms with Gasteiger partial charge in [-0.05, 0) is 67.9 Å². The molecule has 1 aliphatic rings. The molecule has 256 valence electrons. The highest BCUT2D eigenvalue weighted by Gasteiger charge is 2.28. The van der Waals surface area contributed by atoms with Gasteiger partial charge < -0.3 is 9.32 Å².